The summed E-state index contributed by atoms with van der Waals surface area (Å²) in [5.74, 6) is 2.40. The van der Waals surface area contributed by atoms with Gasteiger partial charge in [0.1, 0.15) is 0 Å². The van der Waals surface area contributed by atoms with Crippen molar-refractivity contribution in [1.82, 2.24) is 4.90 Å². The van der Waals surface area contributed by atoms with Gasteiger partial charge in [-0.1, -0.05) is 13.8 Å². The number of amides is 2. The van der Waals surface area contributed by atoms with Crippen LogP contribution in [-0.2, 0) is 9.59 Å². The molecule has 0 bridgehead atoms. The summed E-state index contributed by atoms with van der Waals surface area (Å²) in [6.45, 7) is 4.46. The zero-order valence-corrected chi connectivity index (χ0v) is 9.12. The van der Waals surface area contributed by atoms with Crippen LogP contribution in [0.3, 0.4) is 0 Å². The summed E-state index contributed by atoms with van der Waals surface area (Å²) in [5, 5.41) is 0. The van der Waals surface area contributed by atoms with Crippen LogP contribution < -0.4 is 0 Å². The number of terminal acetylenes is 1. The quantitative estimate of drug-likeness (QED) is 0.392. The summed E-state index contributed by atoms with van der Waals surface area (Å²) in [6.07, 6.45) is 6.46. The highest BCUT2D eigenvalue weighted by Crippen LogP contribution is 2.63. The molecule has 3 heteroatoms. The Bertz CT molecular complexity index is 340. The lowest BCUT2D eigenvalue weighted by Gasteiger charge is -2.19. The number of hydrogen-bond acceptors (Lipinski definition) is 2. The van der Waals surface area contributed by atoms with E-state index in [1.165, 1.54) is 4.90 Å². The number of hydrogen-bond donors (Lipinski definition) is 0. The molecule has 2 atom stereocenters. The lowest BCUT2D eigenvalue weighted by atomic mass is 10.1. The van der Waals surface area contributed by atoms with Gasteiger partial charge in [0.15, 0.2) is 0 Å². The van der Waals surface area contributed by atoms with E-state index in [2.05, 4.69) is 5.92 Å². The third kappa shape index (κ3) is 1.28. The summed E-state index contributed by atoms with van der Waals surface area (Å²) in [4.78, 5) is 25.0. The van der Waals surface area contributed by atoms with Crippen LogP contribution in [0.4, 0.5) is 0 Å². The summed E-state index contributed by atoms with van der Waals surface area (Å²) in [6, 6.07) is 0. The summed E-state index contributed by atoms with van der Waals surface area (Å²) in [5.41, 5.74) is -0.100. The third-order valence-electron chi connectivity index (χ3n) is 3.59. The molecule has 1 aliphatic heterocycles. The zero-order valence-electron chi connectivity index (χ0n) is 9.12. The van der Waals surface area contributed by atoms with E-state index in [-0.39, 0.29) is 29.1 Å². The van der Waals surface area contributed by atoms with Crippen molar-refractivity contribution in [1.29, 1.82) is 0 Å². The first kappa shape index (κ1) is 10.2. The van der Waals surface area contributed by atoms with Gasteiger partial charge in [-0.2, -0.15) is 0 Å². The molecule has 0 aromatic heterocycles. The van der Waals surface area contributed by atoms with Crippen LogP contribution in [0.2, 0.25) is 0 Å². The van der Waals surface area contributed by atoms with Crippen LogP contribution in [0.1, 0.15) is 26.7 Å². The first-order valence-electron chi connectivity index (χ1n) is 5.30. The van der Waals surface area contributed by atoms with Gasteiger partial charge in [-0.05, 0) is 11.8 Å². The number of fused-ring (bicyclic) bond motifs is 1. The first-order valence-corrected chi connectivity index (χ1v) is 5.30. The SMILES string of the molecule is C#CCCCN1C(=O)C2C(C1=O)C2(C)C. The second-order valence-electron chi connectivity index (χ2n) is 4.91. The van der Waals surface area contributed by atoms with E-state index in [4.69, 9.17) is 6.42 Å². The topological polar surface area (TPSA) is 37.4 Å². The van der Waals surface area contributed by atoms with Gasteiger partial charge in [-0.15, -0.1) is 12.3 Å². The number of nitrogens with zero attached hydrogens (tertiary/aromatic N) is 1. The molecule has 0 radical (unpaired) electrons. The Morgan fingerprint density at radius 2 is 1.87 bits per heavy atom. The van der Waals surface area contributed by atoms with Crippen molar-refractivity contribution in [3.05, 3.63) is 0 Å². The fraction of sp³-hybridized carbons (Fsp3) is 0.667. The third-order valence-corrected chi connectivity index (χ3v) is 3.59. The predicted octanol–water partition coefficient (Wildman–Crippen LogP) is 1.04. The molecule has 3 nitrogen and oxygen atoms in total. The molecule has 0 spiro atoms. The van der Waals surface area contributed by atoms with Gasteiger partial charge in [0.2, 0.25) is 11.8 Å². The Morgan fingerprint density at radius 3 is 2.33 bits per heavy atom. The van der Waals surface area contributed by atoms with Gasteiger partial charge < -0.3 is 0 Å². The van der Waals surface area contributed by atoms with E-state index >= 15 is 0 Å². The van der Waals surface area contributed by atoms with Gasteiger partial charge in [0.25, 0.3) is 0 Å². The highest BCUT2D eigenvalue weighted by molar-refractivity contribution is 6.10. The van der Waals surface area contributed by atoms with Crippen LogP contribution in [0, 0.1) is 29.6 Å². The van der Waals surface area contributed by atoms with Crippen molar-refractivity contribution in [3.8, 4) is 12.3 Å². The summed E-state index contributed by atoms with van der Waals surface area (Å²) in [7, 11) is 0. The van der Waals surface area contributed by atoms with E-state index in [0.29, 0.717) is 19.4 Å². The van der Waals surface area contributed by atoms with Gasteiger partial charge in [0, 0.05) is 13.0 Å². The Morgan fingerprint density at radius 1 is 1.33 bits per heavy atom. The summed E-state index contributed by atoms with van der Waals surface area (Å²) >= 11 is 0. The molecule has 1 aliphatic carbocycles. The lowest BCUT2D eigenvalue weighted by molar-refractivity contribution is -0.143. The second-order valence-corrected chi connectivity index (χ2v) is 4.91. The molecule has 1 saturated carbocycles. The van der Waals surface area contributed by atoms with Gasteiger partial charge >= 0.3 is 0 Å². The minimum atomic E-state index is -0.100. The molecule has 2 aliphatic rings. The Kier molecular flexibility index (Phi) is 2.11. The highest BCUT2D eigenvalue weighted by atomic mass is 16.2. The van der Waals surface area contributed by atoms with E-state index in [1.54, 1.807) is 0 Å². The Labute approximate surface area is 89.8 Å². The molecule has 15 heavy (non-hydrogen) atoms. The molecular formula is C12H15NO2. The number of likely N-dealkylation sites (tertiary alicyclic amines) is 1. The van der Waals surface area contributed by atoms with E-state index in [0.717, 1.165) is 0 Å². The fourth-order valence-electron chi connectivity index (χ4n) is 2.56. The average Bonchev–Trinajstić information content (AvgIpc) is 2.63. The van der Waals surface area contributed by atoms with Crippen molar-refractivity contribution in [2.75, 3.05) is 6.54 Å². The van der Waals surface area contributed by atoms with Crippen LogP contribution in [0.15, 0.2) is 0 Å². The molecular weight excluding hydrogens is 190 g/mol. The smallest absolute Gasteiger partial charge is 0.233 e. The molecule has 0 aromatic rings. The number of carbonyl (C=O) groups excluding carboxylic acids is 2. The molecule has 0 N–H and O–H groups in total. The standard InChI is InChI=1S/C12H15NO2/c1-4-5-6-7-13-10(14)8-9(11(13)15)12(8,2)3/h1,8-9H,5-7H2,2-3H3. The molecule has 0 aromatic carbocycles. The fourth-order valence-corrected chi connectivity index (χ4v) is 2.56. The average molecular weight is 205 g/mol. The molecule has 1 saturated heterocycles. The van der Waals surface area contributed by atoms with E-state index in [9.17, 15) is 9.59 Å². The van der Waals surface area contributed by atoms with Crippen molar-refractivity contribution in [2.45, 2.75) is 26.7 Å². The maximum Gasteiger partial charge on any atom is 0.233 e. The molecule has 2 fully saturated rings. The Balaban J connectivity index is 1.99. The monoisotopic (exact) mass is 205 g/mol. The molecule has 2 amide bonds. The van der Waals surface area contributed by atoms with Crippen molar-refractivity contribution in [3.63, 3.8) is 0 Å². The predicted molar refractivity (Wildman–Crippen MR) is 55.5 cm³/mol. The van der Waals surface area contributed by atoms with Gasteiger partial charge in [0.05, 0.1) is 11.8 Å². The Hall–Kier alpha value is -1.30. The number of unbranched alkanes of at least 4 members (excludes halogenated alkanes) is 1. The maximum absolute atomic E-state index is 11.8. The lowest BCUT2D eigenvalue weighted by Crippen LogP contribution is -2.36. The zero-order chi connectivity index (χ0) is 11.2. The van der Waals surface area contributed by atoms with Crippen molar-refractivity contribution >= 4 is 11.8 Å². The van der Waals surface area contributed by atoms with Crippen molar-refractivity contribution in [2.24, 2.45) is 17.3 Å². The minimum Gasteiger partial charge on any atom is -0.282 e. The van der Waals surface area contributed by atoms with Gasteiger partial charge in [-0.25, -0.2) is 0 Å². The van der Waals surface area contributed by atoms with Crippen molar-refractivity contribution < 1.29 is 9.59 Å². The first-order chi connectivity index (χ1) is 7.01. The van der Waals surface area contributed by atoms with Crippen LogP contribution >= 0.6 is 0 Å². The largest absolute Gasteiger partial charge is 0.282 e. The number of piperidine rings is 1. The van der Waals surface area contributed by atoms with E-state index < -0.39 is 0 Å². The molecule has 1 heterocycles. The summed E-state index contributed by atoms with van der Waals surface area (Å²) < 4.78 is 0. The van der Waals surface area contributed by atoms with Gasteiger partial charge in [-0.3, -0.25) is 14.5 Å². The van der Waals surface area contributed by atoms with Crippen LogP contribution in [0.25, 0.3) is 0 Å². The number of imide groups is 1. The van der Waals surface area contributed by atoms with E-state index in [1.807, 2.05) is 13.8 Å². The minimum absolute atomic E-state index is 0.00650. The van der Waals surface area contributed by atoms with Crippen LogP contribution in [-0.4, -0.2) is 23.3 Å². The molecule has 2 rings (SSSR count). The van der Waals surface area contributed by atoms with Crippen LogP contribution in [0.5, 0.6) is 0 Å². The molecule has 80 valence electrons. The maximum atomic E-state index is 11.8. The normalized spacial score (nSPS) is 31.4. The number of rotatable bonds is 3. The number of carbonyl (C=O) groups is 2. The highest BCUT2D eigenvalue weighted by Gasteiger charge is 2.72. The molecule has 2 unspecified atom stereocenters. The second kappa shape index (κ2) is 3.10.